The van der Waals surface area contributed by atoms with Gasteiger partial charge in [0.2, 0.25) is 5.91 Å². The largest absolute Gasteiger partial charge is 0.326 e. The maximum absolute atomic E-state index is 12.8. The van der Waals surface area contributed by atoms with Crippen LogP contribution in [-0.4, -0.2) is 29.5 Å². The number of rotatable bonds is 6. The van der Waals surface area contributed by atoms with Crippen LogP contribution in [0.4, 0.5) is 11.4 Å². The molecule has 0 saturated carbocycles. The Balaban J connectivity index is 1.53. The highest BCUT2D eigenvalue weighted by molar-refractivity contribution is 7.92. The molecule has 0 fully saturated rings. The van der Waals surface area contributed by atoms with E-state index in [1.54, 1.807) is 37.3 Å². The van der Waals surface area contributed by atoms with E-state index < -0.39 is 10.0 Å². The van der Waals surface area contributed by atoms with Gasteiger partial charge in [-0.05, 0) is 48.9 Å². The second kappa shape index (κ2) is 8.64. The van der Waals surface area contributed by atoms with Crippen molar-refractivity contribution in [2.24, 2.45) is 0 Å². The molecule has 4 rings (SSSR count). The molecule has 0 aliphatic carbocycles. The Morgan fingerprint density at radius 3 is 2.34 bits per heavy atom. The normalized spacial score (nSPS) is 11.2. The third-order valence-corrected chi connectivity index (χ3v) is 6.14. The Kier molecular flexibility index (Phi) is 5.74. The lowest BCUT2D eigenvalue weighted by atomic mass is 10.2. The van der Waals surface area contributed by atoms with E-state index in [1.165, 1.54) is 19.1 Å². The summed E-state index contributed by atoms with van der Waals surface area (Å²) in [6.45, 7) is 3.16. The van der Waals surface area contributed by atoms with Gasteiger partial charge in [-0.3, -0.25) is 14.6 Å². The minimum Gasteiger partial charge on any atom is -0.326 e. The van der Waals surface area contributed by atoms with Crippen molar-refractivity contribution in [3.63, 3.8) is 0 Å². The molecule has 0 unspecified atom stereocenters. The molecule has 8 nitrogen and oxygen atoms in total. The summed E-state index contributed by atoms with van der Waals surface area (Å²) in [5, 5.41) is 9.79. The van der Waals surface area contributed by atoms with Gasteiger partial charge in [0.25, 0.3) is 10.0 Å². The van der Waals surface area contributed by atoms with Crippen molar-refractivity contribution in [3.8, 4) is 22.8 Å². The molecule has 32 heavy (non-hydrogen) atoms. The van der Waals surface area contributed by atoms with Crippen molar-refractivity contribution in [1.29, 1.82) is 0 Å². The second-order valence-corrected chi connectivity index (χ2v) is 8.90. The average Bonchev–Trinajstić information content (AvgIpc) is 3.26. The molecule has 3 N–H and O–H groups in total. The molecule has 0 aliphatic rings. The van der Waals surface area contributed by atoms with Crippen LogP contribution in [0, 0.1) is 6.92 Å². The fourth-order valence-electron chi connectivity index (χ4n) is 3.11. The number of nitrogens with one attached hydrogen (secondary N) is 3. The first-order valence-corrected chi connectivity index (χ1v) is 11.3. The Hall–Kier alpha value is -3.98. The number of sulfonamides is 1. The lowest BCUT2D eigenvalue weighted by Gasteiger charge is -2.12. The number of H-pyrrole nitrogens is 1. The van der Waals surface area contributed by atoms with Crippen molar-refractivity contribution in [2.75, 3.05) is 10.0 Å². The summed E-state index contributed by atoms with van der Waals surface area (Å²) in [7, 11) is -3.83. The number of aryl methyl sites for hydroxylation is 1. The SMILES string of the molecule is CC(=O)Nc1cc(S(=O)(=O)Nc2ccc(-c3nc(-c4ccccc4)n[nH]3)cc2)ccc1C. The predicted octanol–water partition coefficient (Wildman–Crippen LogP) is 4.21. The van der Waals surface area contributed by atoms with Crippen LogP contribution in [0.15, 0.2) is 77.7 Å². The number of hydrogen-bond acceptors (Lipinski definition) is 5. The highest BCUT2D eigenvalue weighted by Crippen LogP contribution is 2.25. The van der Waals surface area contributed by atoms with Gasteiger partial charge in [-0.1, -0.05) is 36.4 Å². The van der Waals surface area contributed by atoms with Crippen LogP contribution in [0.25, 0.3) is 22.8 Å². The van der Waals surface area contributed by atoms with E-state index in [0.29, 0.717) is 23.0 Å². The third-order valence-electron chi connectivity index (χ3n) is 4.76. The van der Waals surface area contributed by atoms with E-state index in [0.717, 1.165) is 16.7 Å². The number of anilines is 2. The van der Waals surface area contributed by atoms with Gasteiger partial charge >= 0.3 is 0 Å². The van der Waals surface area contributed by atoms with E-state index >= 15 is 0 Å². The van der Waals surface area contributed by atoms with Gasteiger partial charge in [-0.25, -0.2) is 13.4 Å². The number of carbonyl (C=O) groups excluding carboxylic acids is 1. The number of nitrogens with zero attached hydrogens (tertiary/aromatic N) is 2. The van der Waals surface area contributed by atoms with Crippen molar-refractivity contribution in [1.82, 2.24) is 15.2 Å². The van der Waals surface area contributed by atoms with E-state index in [1.807, 2.05) is 30.3 Å². The van der Waals surface area contributed by atoms with Gasteiger partial charge < -0.3 is 5.32 Å². The Morgan fingerprint density at radius 1 is 0.938 bits per heavy atom. The first-order valence-electron chi connectivity index (χ1n) is 9.81. The number of carbonyl (C=O) groups is 1. The van der Waals surface area contributed by atoms with Crippen LogP contribution in [0.2, 0.25) is 0 Å². The second-order valence-electron chi connectivity index (χ2n) is 7.21. The van der Waals surface area contributed by atoms with E-state index in [2.05, 4.69) is 25.2 Å². The molecule has 0 spiro atoms. The van der Waals surface area contributed by atoms with E-state index in [9.17, 15) is 13.2 Å². The van der Waals surface area contributed by atoms with Gasteiger partial charge in [0, 0.05) is 29.4 Å². The highest BCUT2D eigenvalue weighted by Gasteiger charge is 2.16. The minimum atomic E-state index is -3.83. The quantitative estimate of drug-likeness (QED) is 0.409. The summed E-state index contributed by atoms with van der Waals surface area (Å²) >= 11 is 0. The van der Waals surface area contributed by atoms with Crippen molar-refractivity contribution in [3.05, 3.63) is 78.4 Å². The molecule has 0 atom stereocenters. The summed E-state index contributed by atoms with van der Waals surface area (Å²) in [4.78, 5) is 15.9. The lowest BCUT2D eigenvalue weighted by Crippen LogP contribution is -2.14. The zero-order chi connectivity index (χ0) is 22.7. The minimum absolute atomic E-state index is 0.0543. The maximum Gasteiger partial charge on any atom is 0.261 e. The molecule has 162 valence electrons. The fraction of sp³-hybridized carbons (Fsp3) is 0.0870. The smallest absolute Gasteiger partial charge is 0.261 e. The summed E-state index contributed by atoms with van der Waals surface area (Å²) in [6.07, 6.45) is 0. The van der Waals surface area contributed by atoms with Crippen LogP contribution in [-0.2, 0) is 14.8 Å². The first kappa shape index (κ1) is 21.3. The van der Waals surface area contributed by atoms with Crippen molar-refractivity contribution >= 4 is 27.3 Å². The molecule has 0 saturated heterocycles. The van der Waals surface area contributed by atoms with Crippen LogP contribution >= 0.6 is 0 Å². The van der Waals surface area contributed by atoms with Crippen LogP contribution in [0.5, 0.6) is 0 Å². The van der Waals surface area contributed by atoms with E-state index in [-0.39, 0.29) is 10.8 Å². The molecular formula is C23H21N5O3S. The van der Waals surface area contributed by atoms with Gasteiger partial charge in [0.05, 0.1) is 4.90 Å². The van der Waals surface area contributed by atoms with Gasteiger partial charge in [-0.15, -0.1) is 0 Å². The maximum atomic E-state index is 12.8. The zero-order valence-corrected chi connectivity index (χ0v) is 18.3. The molecular weight excluding hydrogens is 426 g/mol. The first-order chi connectivity index (χ1) is 15.3. The number of benzene rings is 3. The average molecular weight is 448 g/mol. The van der Waals surface area contributed by atoms with Gasteiger partial charge in [0.15, 0.2) is 11.6 Å². The molecule has 1 aromatic heterocycles. The Labute approximate surface area is 185 Å². The molecule has 4 aromatic rings. The number of aromatic nitrogens is 3. The number of aromatic amines is 1. The summed E-state index contributed by atoms with van der Waals surface area (Å²) in [5.41, 5.74) is 3.29. The van der Waals surface area contributed by atoms with E-state index in [4.69, 9.17) is 0 Å². The van der Waals surface area contributed by atoms with Gasteiger partial charge in [-0.2, -0.15) is 5.10 Å². The topological polar surface area (TPSA) is 117 Å². The molecule has 0 bridgehead atoms. The van der Waals surface area contributed by atoms with Crippen LogP contribution < -0.4 is 10.0 Å². The predicted molar refractivity (Wildman–Crippen MR) is 124 cm³/mol. The third kappa shape index (κ3) is 4.68. The monoisotopic (exact) mass is 447 g/mol. The Morgan fingerprint density at radius 2 is 1.66 bits per heavy atom. The summed E-state index contributed by atoms with van der Waals surface area (Å²) in [5.74, 6) is 0.894. The molecule has 3 aromatic carbocycles. The molecule has 0 aliphatic heterocycles. The molecule has 1 amide bonds. The van der Waals surface area contributed by atoms with Gasteiger partial charge in [0.1, 0.15) is 0 Å². The summed E-state index contributed by atoms with van der Waals surface area (Å²) < 4.78 is 28.2. The molecule has 0 radical (unpaired) electrons. The van der Waals surface area contributed by atoms with Crippen molar-refractivity contribution in [2.45, 2.75) is 18.7 Å². The van der Waals surface area contributed by atoms with Crippen LogP contribution in [0.3, 0.4) is 0 Å². The molecule has 9 heteroatoms. The van der Waals surface area contributed by atoms with Crippen molar-refractivity contribution < 1.29 is 13.2 Å². The number of hydrogen-bond donors (Lipinski definition) is 3. The zero-order valence-electron chi connectivity index (χ0n) is 17.5. The highest BCUT2D eigenvalue weighted by atomic mass is 32.2. The molecule has 1 heterocycles. The number of amides is 1. The lowest BCUT2D eigenvalue weighted by molar-refractivity contribution is -0.114. The fourth-order valence-corrected chi connectivity index (χ4v) is 4.19. The van der Waals surface area contributed by atoms with Crippen LogP contribution in [0.1, 0.15) is 12.5 Å². The summed E-state index contributed by atoms with van der Waals surface area (Å²) in [6, 6.07) is 21.0. The Bertz CT molecular complexity index is 1360. The standard InChI is InChI=1S/C23H21N5O3S/c1-15-8-13-20(14-21(15)24-16(2)29)32(30,31)28-19-11-9-18(10-12-19)23-25-22(26-27-23)17-6-4-3-5-7-17/h3-14,28H,1-2H3,(H,24,29)(H,25,26,27).